The first-order chi connectivity index (χ1) is 14.8. The SMILES string of the molecule is Cc1ccc(S(=O)(=O)NCc2ccccc2)cc1C(=O)NNC(=O)c1ccccc1Cl. The van der Waals surface area contributed by atoms with E-state index in [0.717, 1.165) is 5.56 Å². The number of carbonyl (C=O) groups is 2. The van der Waals surface area contributed by atoms with E-state index in [1.54, 1.807) is 37.3 Å². The number of carbonyl (C=O) groups excluding carboxylic acids is 2. The van der Waals surface area contributed by atoms with Crippen molar-refractivity contribution in [1.82, 2.24) is 15.6 Å². The van der Waals surface area contributed by atoms with Gasteiger partial charge in [0.15, 0.2) is 0 Å². The molecule has 0 heterocycles. The second-order valence-electron chi connectivity index (χ2n) is 6.67. The van der Waals surface area contributed by atoms with E-state index >= 15 is 0 Å². The van der Waals surface area contributed by atoms with Crippen molar-refractivity contribution in [3.63, 3.8) is 0 Å². The maximum absolute atomic E-state index is 12.7. The van der Waals surface area contributed by atoms with Crippen LogP contribution in [0.5, 0.6) is 0 Å². The van der Waals surface area contributed by atoms with E-state index in [4.69, 9.17) is 11.6 Å². The standard InChI is InChI=1S/C22H20ClN3O4S/c1-15-11-12-17(31(29,30)24-14-16-7-3-2-4-8-16)13-19(15)22(28)26-25-21(27)18-9-5-6-10-20(18)23/h2-13,24H,14H2,1H3,(H,25,27)(H,26,28). The van der Waals surface area contributed by atoms with Crippen LogP contribution in [-0.4, -0.2) is 20.2 Å². The summed E-state index contributed by atoms with van der Waals surface area (Å²) >= 11 is 5.97. The normalized spacial score (nSPS) is 11.0. The van der Waals surface area contributed by atoms with Gasteiger partial charge in [-0.2, -0.15) is 0 Å². The highest BCUT2D eigenvalue weighted by atomic mass is 35.5. The van der Waals surface area contributed by atoms with Gasteiger partial charge < -0.3 is 0 Å². The highest BCUT2D eigenvalue weighted by molar-refractivity contribution is 7.89. The second-order valence-corrected chi connectivity index (χ2v) is 8.85. The fourth-order valence-corrected chi connectivity index (χ4v) is 4.03. The summed E-state index contributed by atoms with van der Waals surface area (Å²) in [6.45, 7) is 1.78. The van der Waals surface area contributed by atoms with Gasteiger partial charge in [-0.3, -0.25) is 20.4 Å². The molecule has 3 aromatic carbocycles. The zero-order valence-electron chi connectivity index (χ0n) is 16.6. The van der Waals surface area contributed by atoms with Crippen molar-refractivity contribution in [2.75, 3.05) is 0 Å². The van der Waals surface area contributed by atoms with Crippen LogP contribution in [0, 0.1) is 6.92 Å². The van der Waals surface area contributed by atoms with Gasteiger partial charge in [0.2, 0.25) is 10.0 Å². The average Bonchev–Trinajstić information content (AvgIpc) is 2.77. The lowest BCUT2D eigenvalue weighted by Crippen LogP contribution is -2.42. The van der Waals surface area contributed by atoms with Crippen LogP contribution in [0.25, 0.3) is 0 Å². The molecule has 0 fully saturated rings. The molecule has 3 aromatic rings. The predicted octanol–water partition coefficient (Wildman–Crippen LogP) is 3.20. The molecule has 3 N–H and O–H groups in total. The number of halogens is 1. The van der Waals surface area contributed by atoms with Crippen molar-refractivity contribution in [1.29, 1.82) is 0 Å². The first-order valence-corrected chi connectivity index (χ1v) is 11.1. The zero-order chi connectivity index (χ0) is 22.4. The van der Waals surface area contributed by atoms with Gasteiger partial charge in [0.1, 0.15) is 0 Å². The first kappa shape index (κ1) is 22.5. The summed E-state index contributed by atoms with van der Waals surface area (Å²) in [7, 11) is -3.85. The Balaban J connectivity index is 1.71. The third-order valence-corrected chi connectivity index (χ3v) is 6.21. The summed E-state index contributed by atoms with van der Waals surface area (Å²) in [5.41, 5.74) is 6.23. The second kappa shape index (κ2) is 9.74. The van der Waals surface area contributed by atoms with Crippen LogP contribution in [0.4, 0.5) is 0 Å². The number of sulfonamides is 1. The van der Waals surface area contributed by atoms with Crippen LogP contribution in [0.1, 0.15) is 31.8 Å². The highest BCUT2D eigenvalue weighted by Gasteiger charge is 2.19. The number of nitrogens with one attached hydrogen (secondary N) is 3. The monoisotopic (exact) mass is 457 g/mol. The van der Waals surface area contributed by atoms with Crippen LogP contribution < -0.4 is 15.6 Å². The largest absolute Gasteiger partial charge is 0.271 e. The molecule has 0 aromatic heterocycles. The highest BCUT2D eigenvalue weighted by Crippen LogP contribution is 2.17. The molecule has 2 amide bonds. The third kappa shape index (κ3) is 5.69. The van der Waals surface area contributed by atoms with E-state index < -0.39 is 21.8 Å². The van der Waals surface area contributed by atoms with Gasteiger partial charge in [0, 0.05) is 12.1 Å². The number of benzene rings is 3. The topological polar surface area (TPSA) is 104 Å². The lowest BCUT2D eigenvalue weighted by molar-refractivity contribution is 0.0846. The molecule has 3 rings (SSSR count). The first-order valence-electron chi connectivity index (χ1n) is 9.27. The molecule has 160 valence electrons. The molecule has 0 unspecified atom stereocenters. The molecule has 0 atom stereocenters. The fraction of sp³-hybridized carbons (Fsp3) is 0.0909. The van der Waals surface area contributed by atoms with Crippen LogP contribution in [0.3, 0.4) is 0 Å². The molecule has 0 aliphatic rings. The Kier molecular flexibility index (Phi) is 7.06. The summed E-state index contributed by atoms with van der Waals surface area (Å²) in [6, 6.07) is 19.7. The van der Waals surface area contributed by atoms with Crippen molar-refractivity contribution in [2.45, 2.75) is 18.4 Å². The molecule has 0 spiro atoms. The van der Waals surface area contributed by atoms with Crippen molar-refractivity contribution in [2.24, 2.45) is 0 Å². The summed E-state index contributed by atoms with van der Waals surface area (Å²) < 4.78 is 27.8. The Morgan fingerprint density at radius 1 is 0.839 bits per heavy atom. The number of rotatable bonds is 6. The number of hydrogen-bond donors (Lipinski definition) is 3. The van der Waals surface area contributed by atoms with Gasteiger partial charge in [-0.05, 0) is 42.3 Å². The minimum absolute atomic E-state index is 0.0587. The summed E-state index contributed by atoms with van der Waals surface area (Å²) in [5, 5.41) is 0.239. The predicted molar refractivity (Wildman–Crippen MR) is 118 cm³/mol. The molecule has 0 bridgehead atoms. The fourth-order valence-electron chi connectivity index (χ4n) is 2.76. The van der Waals surface area contributed by atoms with Crippen LogP contribution in [0.15, 0.2) is 77.7 Å². The van der Waals surface area contributed by atoms with Gasteiger partial charge in [-0.15, -0.1) is 0 Å². The molecular formula is C22H20ClN3O4S. The van der Waals surface area contributed by atoms with Crippen LogP contribution in [-0.2, 0) is 16.6 Å². The Morgan fingerprint density at radius 2 is 1.45 bits per heavy atom. The van der Waals surface area contributed by atoms with Gasteiger partial charge in [0.25, 0.3) is 11.8 Å². The summed E-state index contributed by atoms with van der Waals surface area (Å²) in [6.07, 6.45) is 0. The number of hydrazine groups is 1. The molecule has 9 heteroatoms. The van der Waals surface area contributed by atoms with Crippen molar-refractivity contribution in [3.8, 4) is 0 Å². The van der Waals surface area contributed by atoms with E-state index in [1.165, 1.54) is 24.3 Å². The Morgan fingerprint density at radius 3 is 2.13 bits per heavy atom. The minimum atomic E-state index is -3.85. The molecule has 0 saturated carbocycles. The van der Waals surface area contributed by atoms with Gasteiger partial charge in [-0.1, -0.05) is 60.1 Å². The average molecular weight is 458 g/mol. The van der Waals surface area contributed by atoms with Crippen LogP contribution >= 0.6 is 11.6 Å². The zero-order valence-corrected chi connectivity index (χ0v) is 18.1. The van der Waals surface area contributed by atoms with Gasteiger partial charge >= 0.3 is 0 Å². The Hall–Kier alpha value is -3.20. The quantitative estimate of drug-likeness (QED) is 0.494. The van der Waals surface area contributed by atoms with Gasteiger partial charge in [0.05, 0.1) is 15.5 Å². The van der Waals surface area contributed by atoms with E-state index in [0.29, 0.717) is 5.56 Å². The molecular weight excluding hydrogens is 438 g/mol. The van der Waals surface area contributed by atoms with Gasteiger partial charge in [-0.25, -0.2) is 13.1 Å². The van der Waals surface area contributed by atoms with Crippen LogP contribution in [0.2, 0.25) is 5.02 Å². The molecule has 0 aliphatic carbocycles. The smallest absolute Gasteiger partial charge is 0.267 e. The molecule has 0 radical (unpaired) electrons. The summed E-state index contributed by atoms with van der Waals surface area (Å²) in [5.74, 6) is -1.25. The number of amides is 2. The van der Waals surface area contributed by atoms with E-state index in [2.05, 4.69) is 15.6 Å². The van der Waals surface area contributed by atoms with E-state index in [9.17, 15) is 18.0 Å². The number of hydrogen-bond acceptors (Lipinski definition) is 4. The van der Waals surface area contributed by atoms with E-state index in [1.807, 2.05) is 18.2 Å². The molecule has 0 saturated heterocycles. The third-order valence-electron chi connectivity index (χ3n) is 4.48. The molecule has 0 aliphatic heterocycles. The number of aryl methyl sites for hydroxylation is 1. The van der Waals surface area contributed by atoms with Crippen molar-refractivity contribution < 1.29 is 18.0 Å². The Labute approximate surface area is 185 Å². The lowest BCUT2D eigenvalue weighted by Gasteiger charge is -2.12. The van der Waals surface area contributed by atoms with E-state index in [-0.39, 0.29) is 27.6 Å². The maximum atomic E-state index is 12.7. The lowest BCUT2D eigenvalue weighted by atomic mass is 10.1. The Bertz CT molecular complexity index is 1210. The summed E-state index contributed by atoms with van der Waals surface area (Å²) in [4.78, 5) is 24.7. The molecule has 7 nitrogen and oxygen atoms in total. The van der Waals surface area contributed by atoms with Crippen molar-refractivity contribution >= 4 is 33.4 Å². The minimum Gasteiger partial charge on any atom is -0.267 e. The maximum Gasteiger partial charge on any atom is 0.271 e. The molecule has 31 heavy (non-hydrogen) atoms. The van der Waals surface area contributed by atoms with Crippen molar-refractivity contribution in [3.05, 3.63) is 100 Å².